The molecule has 0 aromatic carbocycles. The summed E-state index contributed by atoms with van der Waals surface area (Å²) >= 11 is 5.33. The Morgan fingerprint density at radius 2 is 1.67 bits per heavy atom. The monoisotopic (exact) mass is 292 g/mol. The van der Waals surface area contributed by atoms with Crippen LogP contribution in [0.4, 0.5) is 5.82 Å². The normalized spacial score (nSPS) is 10.1. The van der Waals surface area contributed by atoms with Crippen LogP contribution in [0.3, 0.4) is 0 Å². The van der Waals surface area contributed by atoms with E-state index in [1.165, 1.54) is 0 Å². The lowest BCUT2D eigenvalue weighted by Gasteiger charge is -2.07. The van der Waals surface area contributed by atoms with E-state index in [4.69, 9.17) is 12.2 Å². The highest BCUT2D eigenvalue weighted by Gasteiger charge is 2.05. The highest BCUT2D eigenvalue weighted by Crippen LogP contribution is 2.15. The maximum Gasteiger partial charge on any atom is 0.130 e. The maximum atomic E-state index is 5.33. The second-order valence-electron chi connectivity index (χ2n) is 4.32. The molecule has 3 rings (SSSR count). The van der Waals surface area contributed by atoms with Gasteiger partial charge >= 0.3 is 0 Å². The predicted molar refractivity (Wildman–Crippen MR) is 87.0 cm³/mol. The summed E-state index contributed by atoms with van der Waals surface area (Å²) in [4.78, 5) is 13.4. The molecule has 4 nitrogen and oxygen atoms in total. The van der Waals surface area contributed by atoms with Crippen molar-refractivity contribution in [3.05, 3.63) is 72.8 Å². The SMILES string of the molecule is S=C(Nc1ccccn1)c1ccc(-c2ccccn2)cn1. The predicted octanol–water partition coefficient (Wildman–Crippen LogP) is 3.33. The molecule has 0 aliphatic heterocycles. The van der Waals surface area contributed by atoms with Gasteiger partial charge in [0.1, 0.15) is 10.8 Å². The van der Waals surface area contributed by atoms with E-state index in [-0.39, 0.29) is 0 Å². The lowest BCUT2D eigenvalue weighted by molar-refractivity contribution is 1.26. The van der Waals surface area contributed by atoms with Crippen LogP contribution in [0.25, 0.3) is 11.3 Å². The number of anilines is 1. The van der Waals surface area contributed by atoms with Gasteiger partial charge in [-0.15, -0.1) is 0 Å². The van der Waals surface area contributed by atoms with Gasteiger partial charge in [0.25, 0.3) is 0 Å². The van der Waals surface area contributed by atoms with E-state index in [0.717, 1.165) is 11.3 Å². The Hall–Kier alpha value is -2.66. The molecule has 3 aromatic heterocycles. The summed E-state index contributed by atoms with van der Waals surface area (Å²) in [5.41, 5.74) is 2.55. The summed E-state index contributed by atoms with van der Waals surface area (Å²) in [6.07, 6.45) is 5.24. The van der Waals surface area contributed by atoms with Crippen molar-refractivity contribution >= 4 is 23.0 Å². The number of hydrogen-bond donors (Lipinski definition) is 1. The van der Waals surface area contributed by atoms with Gasteiger partial charge in [-0.1, -0.05) is 24.4 Å². The minimum absolute atomic E-state index is 0.543. The molecular formula is C16H12N4S. The van der Waals surface area contributed by atoms with E-state index >= 15 is 0 Å². The molecule has 0 aliphatic rings. The number of nitrogens with one attached hydrogen (secondary N) is 1. The molecule has 3 aromatic rings. The topological polar surface area (TPSA) is 50.7 Å². The van der Waals surface area contributed by atoms with Crippen molar-refractivity contribution in [3.8, 4) is 11.3 Å². The van der Waals surface area contributed by atoms with Gasteiger partial charge in [0.2, 0.25) is 0 Å². The van der Waals surface area contributed by atoms with Crippen molar-refractivity contribution < 1.29 is 0 Å². The van der Waals surface area contributed by atoms with Crippen LogP contribution in [0.2, 0.25) is 0 Å². The van der Waals surface area contributed by atoms with Crippen LogP contribution in [-0.2, 0) is 0 Å². The summed E-state index contributed by atoms with van der Waals surface area (Å²) in [7, 11) is 0. The maximum absolute atomic E-state index is 5.33. The zero-order valence-electron chi connectivity index (χ0n) is 11.1. The van der Waals surface area contributed by atoms with Crippen molar-refractivity contribution in [3.63, 3.8) is 0 Å². The molecule has 0 saturated carbocycles. The number of rotatable bonds is 3. The van der Waals surface area contributed by atoms with Crippen LogP contribution >= 0.6 is 12.2 Å². The molecule has 0 fully saturated rings. The molecule has 0 saturated heterocycles. The van der Waals surface area contributed by atoms with Gasteiger partial charge in [-0.3, -0.25) is 9.97 Å². The van der Waals surface area contributed by atoms with Gasteiger partial charge in [0, 0.05) is 24.2 Å². The van der Waals surface area contributed by atoms with Crippen molar-refractivity contribution in [1.29, 1.82) is 0 Å². The van der Waals surface area contributed by atoms with Gasteiger partial charge in [-0.25, -0.2) is 4.98 Å². The van der Waals surface area contributed by atoms with Gasteiger partial charge < -0.3 is 5.32 Å². The second kappa shape index (κ2) is 6.19. The second-order valence-corrected chi connectivity index (χ2v) is 4.72. The van der Waals surface area contributed by atoms with Crippen molar-refractivity contribution in [2.75, 3.05) is 5.32 Å². The molecule has 0 radical (unpaired) electrons. The highest BCUT2D eigenvalue weighted by atomic mass is 32.1. The van der Waals surface area contributed by atoms with Crippen LogP contribution in [0.1, 0.15) is 5.69 Å². The molecule has 0 aliphatic carbocycles. The van der Waals surface area contributed by atoms with Crippen molar-refractivity contribution in [2.45, 2.75) is 0 Å². The van der Waals surface area contributed by atoms with Gasteiger partial charge in [-0.2, -0.15) is 0 Å². The van der Waals surface area contributed by atoms with E-state index in [2.05, 4.69) is 20.3 Å². The lowest BCUT2D eigenvalue weighted by Crippen LogP contribution is -2.13. The molecule has 3 heterocycles. The van der Waals surface area contributed by atoms with E-state index in [0.29, 0.717) is 16.5 Å². The summed E-state index contributed by atoms with van der Waals surface area (Å²) in [5, 5.41) is 3.06. The first kappa shape index (κ1) is 13.3. The van der Waals surface area contributed by atoms with Crippen molar-refractivity contribution in [1.82, 2.24) is 15.0 Å². The van der Waals surface area contributed by atoms with Crippen LogP contribution < -0.4 is 5.32 Å². The zero-order valence-corrected chi connectivity index (χ0v) is 11.9. The van der Waals surface area contributed by atoms with Crippen LogP contribution in [0.5, 0.6) is 0 Å². The van der Waals surface area contributed by atoms with E-state index in [9.17, 15) is 0 Å². The third kappa shape index (κ3) is 3.27. The van der Waals surface area contributed by atoms with Crippen LogP contribution in [-0.4, -0.2) is 19.9 Å². The summed E-state index contributed by atoms with van der Waals surface area (Å²) in [6.45, 7) is 0. The molecular weight excluding hydrogens is 280 g/mol. The molecule has 0 spiro atoms. The summed E-state index contributed by atoms with van der Waals surface area (Å²) in [6, 6.07) is 15.2. The molecule has 0 amide bonds. The molecule has 1 N–H and O–H groups in total. The quantitative estimate of drug-likeness (QED) is 0.750. The third-order valence-electron chi connectivity index (χ3n) is 2.86. The van der Waals surface area contributed by atoms with Crippen molar-refractivity contribution in [2.24, 2.45) is 0 Å². The highest BCUT2D eigenvalue weighted by molar-refractivity contribution is 7.81. The number of aromatic nitrogens is 3. The molecule has 0 unspecified atom stereocenters. The Kier molecular flexibility index (Phi) is 3.93. The fourth-order valence-electron chi connectivity index (χ4n) is 1.83. The average molecular weight is 292 g/mol. The van der Waals surface area contributed by atoms with Gasteiger partial charge in [-0.05, 0) is 36.4 Å². The van der Waals surface area contributed by atoms with Gasteiger partial charge in [0.05, 0.1) is 11.4 Å². The minimum Gasteiger partial charge on any atom is -0.330 e. The molecule has 102 valence electrons. The molecule has 5 heteroatoms. The smallest absolute Gasteiger partial charge is 0.130 e. The average Bonchev–Trinajstić information content (AvgIpc) is 2.57. The van der Waals surface area contributed by atoms with E-state index in [1.807, 2.05) is 48.5 Å². The zero-order chi connectivity index (χ0) is 14.5. The number of nitrogens with zero attached hydrogens (tertiary/aromatic N) is 3. The fraction of sp³-hybridized carbons (Fsp3) is 0. The molecule has 0 bridgehead atoms. The Morgan fingerprint density at radius 1 is 0.857 bits per heavy atom. The minimum atomic E-state index is 0.543. The first-order valence-electron chi connectivity index (χ1n) is 6.43. The lowest BCUT2D eigenvalue weighted by atomic mass is 10.2. The number of thiocarbonyl (C=S) groups is 1. The summed E-state index contributed by atoms with van der Waals surface area (Å²) < 4.78 is 0. The Bertz CT molecular complexity index is 727. The molecule has 21 heavy (non-hydrogen) atoms. The van der Waals surface area contributed by atoms with Crippen LogP contribution in [0, 0.1) is 0 Å². The fourth-order valence-corrected chi connectivity index (χ4v) is 2.06. The van der Waals surface area contributed by atoms with E-state index in [1.54, 1.807) is 18.6 Å². The number of hydrogen-bond acceptors (Lipinski definition) is 4. The summed E-state index contributed by atoms with van der Waals surface area (Å²) in [5.74, 6) is 0.707. The van der Waals surface area contributed by atoms with Crippen LogP contribution in [0.15, 0.2) is 67.1 Å². The Balaban J connectivity index is 1.77. The molecule has 0 atom stereocenters. The van der Waals surface area contributed by atoms with E-state index < -0.39 is 0 Å². The third-order valence-corrected chi connectivity index (χ3v) is 3.17. The Morgan fingerprint density at radius 3 is 2.29 bits per heavy atom. The largest absolute Gasteiger partial charge is 0.330 e. The Labute approximate surface area is 127 Å². The van der Waals surface area contributed by atoms with Gasteiger partial charge in [0.15, 0.2) is 0 Å². The standard InChI is InChI=1S/C16H12N4S/c21-16(20-15-6-2-4-10-18-15)14-8-7-12(11-19-14)13-5-1-3-9-17-13/h1-11H,(H,18,20,21). The first-order chi connectivity index (χ1) is 10.3. The number of pyridine rings is 3. The first-order valence-corrected chi connectivity index (χ1v) is 6.83.